The van der Waals surface area contributed by atoms with Crippen LogP contribution in [0, 0.1) is 13.8 Å². The summed E-state index contributed by atoms with van der Waals surface area (Å²) in [5.41, 5.74) is 5.16. The molecule has 0 atom stereocenters. The smallest absolute Gasteiger partial charge is 0.200 e. The zero-order chi connectivity index (χ0) is 13.4. The molecule has 0 saturated carbocycles. The van der Waals surface area contributed by atoms with E-state index in [9.17, 15) is 0 Å². The summed E-state index contributed by atoms with van der Waals surface area (Å²) in [4.78, 5) is 0. The normalized spacial score (nSPS) is 10.9. The molecule has 0 saturated heterocycles. The van der Waals surface area contributed by atoms with Crippen LogP contribution in [0.3, 0.4) is 0 Å². The predicted molar refractivity (Wildman–Crippen MR) is 80.0 cm³/mol. The molecule has 0 radical (unpaired) electrons. The lowest BCUT2D eigenvalue weighted by molar-refractivity contribution is -0.659. The lowest BCUT2D eigenvalue weighted by Gasteiger charge is -2.05. The molecule has 3 aromatic rings. The second kappa shape index (κ2) is 4.51. The van der Waals surface area contributed by atoms with Crippen LogP contribution in [0.2, 0.25) is 0 Å². The molecule has 94 valence electrons. The van der Waals surface area contributed by atoms with Crippen LogP contribution in [-0.4, -0.2) is 0 Å². The van der Waals surface area contributed by atoms with E-state index in [-0.39, 0.29) is 0 Å². The standard InChI is InChI=1S/C18H18N/c1-13-8-14(2)10-17(9-13)18-11-15-6-4-5-7-16(15)12-19(18)3/h4-12H,1-3H3/q+1. The fourth-order valence-corrected chi connectivity index (χ4v) is 2.70. The van der Waals surface area contributed by atoms with Crippen molar-refractivity contribution in [3.05, 3.63) is 65.9 Å². The van der Waals surface area contributed by atoms with Crippen molar-refractivity contribution >= 4 is 10.8 Å². The molecule has 1 nitrogen and oxygen atoms in total. The summed E-state index contributed by atoms with van der Waals surface area (Å²) in [6.07, 6.45) is 2.20. The van der Waals surface area contributed by atoms with Gasteiger partial charge in [0.1, 0.15) is 7.05 Å². The van der Waals surface area contributed by atoms with E-state index in [4.69, 9.17) is 0 Å². The third-order valence-corrected chi connectivity index (χ3v) is 3.52. The minimum atomic E-state index is 1.26. The third-order valence-electron chi connectivity index (χ3n) is 3.52. The van der Waals surface area contributed by atoms with E-state index in [0.717, 1.165) is 0 Å². The van der Waals surface area contributed by atoms with Gasteiger partial charge in [0.15, 0.2) is 6.20 Å². The minimum Gasteiger partial charge on any atom is -0.200 e. The Hall–Kier alpha value is -2.15. The number of hydrogen-bond acceptors (Lipinski definition) is 0. The molecule has 1 heteroatoms. The molecular formula is C18H18N+. The molecule has 1 heterocycles. The van der Waals surface area contributed by atoms with Gasteiger partial charge in [0.05, 0.1) is 0 Å². The van der Waals surface area contributed by atoms with Crippen molar-refractivity contribution in [2.24, 2.45) is 7.05 Å². The Kier molecular flexibility index (Phi) is 2.83. The zero-order valence-electron chi connectivity index (χ0n) is 11.6. The van der Waals surface area contributed by atoms with Gasteiger partial charge in [-0.3, -0.25) is 0 Å². The first-order valence-electron chi connectivity index (χ1n) is 6.60. The molecule has 0 spiro atoms. The molecular weight excluding hydrogens is 230 g/mol. The number of pyridine rings is 1. The van der Waals surface area contributed by atoms with Crippen LogP contribution in [0.25, 0.3) is 22.0 Å². The number of rotatable bonds is 1. The van der Waals surface area contributed by atoms with E-state index in [0.29, 0.717) is 0 Å². The largest absolute Gasteiger partial charge is 0.212 e. The van der Waals surface area contributed by atoms with E-state index in [1.54, 1.807) is 0 Å². The minimum absolute atomic E-state index is 1.26. The van der Waals surface area contributed by atoms with Gasteiger partial charge in [-0.05, 0) is 37.4 Å². The van der Waals surface area contributed by atoms with Gasteiger partial charge >= 0.3 is 0 Å². The number of aryl methyl sites for hydroxylation is 3. The van der Waals surface area contributed by atoms with Gasteiger partial charge in [-0.25, -0.2) is 4.57 Å². The van der Waals surface area contributed by atoms with Crippen LogP contribution in [-0.2, 0) is 7.05 Å². The number of nitrogens with zero attached hydrogens (tertiary/aromatic N) is 1. The number of benzene rings is 2. The molecule has 0 amide bonds. The van der Waals surface area contributed by atoms with E-state index in [2.05, 4.69) is 80.2 Å². The number of hydrogen-bond donors (Lipinski definition) is 0. The highest BCUT2D eigenvalue weighted by molar-refractivity contribution is 5.83. The van der Waals surface area contributed by atoms with Crippen LogP contribution in [0.15, 0.2) is 54.7 Å². The highest BCUT2D eigenvalue weighted by atomic mass is 14.9. The third kappa shape index (κ3) is 2.24. The summed E-state index contributed by atoms with van der Waals surface area (Å²) < 4.78 is 2.20. The Morgan fingerprint density at radius 2 is 1.42 bits per heavy atom. The summed E-state index contributed by atoms with van der Waals surface area (Å²) in [5.74, 6) is 0. The Morgan fingerprint density at radius 1 is 0.789 bits per heavy atom. The van der Waals surface area contributed by atoms with Crippen molar-refractivity contribution in [1.29, 1.82) is 0 Å². The van der Waals surface area contributed by atoms with E-state index < -0.39 is 0 Å². The molecule has 0 unspecified atom stereocenters. The summed E-state index contributed by atoms with van der Waals surface area (Å²) in [7, 11) is 2.11. The SMILES string of the molecule is Cc1cc(C)cc(-c2cc3ccccc3c[n+]2C)c1. The summed E-state index contributed by atoms with van der Waals surface area (Å²) in [6.45, 7) is 4.30. The van der Waals surface area contributed by atoms with Gasteiger partial charge in [0.25, 0.3) is 0 Å². The fraction of sp³-hybridized carbons (Fsp3) is 0.167. The van der Waals surface area contributed by atoms with Crippen molar-refractivity contribution in [2.45, 2.75) is 13.8 Å². The van der Waals surface area contributed by atoms with Gasteiger partial charge in [0, 0.05) is 17.0 Å². The number of fused-ring (bicyclic) bond motifs is 1. The maximum atomic E-state index is 2.27. The molecule has 2 aromatic carbocycles. The van der Waals surface area contributed by atoms with E-state index in [1.807, 2.05) is 0 Å². The van der Waals surface area contributed by atoms with Crippen molar-refractivity contribution in [3.8, 4) is 11.3 Å². The van der Waals surface area contributed by atoms with Gasteiger partial charge in [-0.15, -0.1) is 0 Å². The Labute approximate surface area is 114 Å². The first-order chi connectivity index (χ1) is 9.13. The predicted octanol–water partition coefficient (Wildman–Crippen LogP) is 3.95. The quantitative estimate of drug-likeness (QED) is 0.574. The number of aromatic nitrogens is 1. The molecule has 0 aliphatic heterocycles. The topological polar surface area (TPSA) is 3.88 Å². The molecule has 19 heavy (non-hydrogen) atoms. The Bertz CT molecular complexity index is 736. The molecule has 0 fully saturated rings. The first kappa shape index (κ1) is 11.9. The lowest BCUT2D eigenvalue weighted by atomic mass is 10.0. The Morgan fingerprint density at radius 3 is 2.11 bits per heavy atom. The highest BCUT2D eigenvalue weighted by Gasteiger charge is 2.12. The van der Waals surface area contributed by atoms with Gasteiger partial charge < -0.3 is 0 Å². The lowest BCUT2D eigenvalue weighted by Crippen LogP contribution is -2.30. The summed E-state index contributed by atoms with van der Waals surface area (Å²) in [5, 5.41) is 2.56. The van der Waals surface area contributed by atoms with Crippen molar-refractivity contribution < 1.29 is 4.57 Å². The van der Waals surface area contributed by atoms with Crippen LogP contribution in [0.4, 0.5) is 0 Å². The fourth-order valence-electron chi connectivity index (χ4n) is 2.70. The van der Waals surface area contributed by atoms with E-state index >= 15 is 0 Å². The van der Waals surface area contributed by atoms with Crippen molar-refractivity contribution in [2.75, 3.05) is 0 Å². The van der Waals surface area contributed by atoms with E-state index in [1.165, 1.54) is 33.2 Å². The molecule has 0 N–H and O–H groups in total. The first-order valence-corrected chi connectivity index (χ1v) is 6.60. The van der Waals surface area contributed by atoms with Crippen LogP contribution in [0.5, 0.6) is 0 Å². The maximum Gasteiger partial charge on any atom is 0.212 e. The highest BCUT2D eigenvalue weighted by Crippen LogP contribution is 2.22. The average molecular weight is 248 g/mol. The summed E-state index contributed by atoms with van der Waals surface area (Å²) in [6, 6.07) is 17.5. The van der Waals surface area contributed by atoms with Gasteiger partial charge in [0.2, 0.25) is 5.69 Å². The molecule has 0 aliphatic carbocycles. The van der Waals surface area contributed by atoms with Gasteiger partial charge in [-0.2, -0.15) is 0 Å². The molecule has 1 aromatic heterocycles. The van der Waals surface area contributed by atoms with Crippen LogP contribution in [0.1, 0.15) is 11.1 Å². The maximum absolute atomic E-state index is 2.27. The Balaban J connectivity index is 2.26. The van der Waals surface area contributed by atoms with Gasteiger partial charge in [-0.1, -0.05) is 35.4 Å². The average Bonchev–Trinajstić information content (AvgIpc) is 2.36. The van der Waals surface area contributed by atoms with Crippen LogP contribution >= 0.6 is 0 Å². The second-order valence-electron chi connectivity index (χ2n) is 5.27. The monoisotopic (exact) mass is 248 g/mol. The molecule has 3 rings (SSSR count). The second-order valence-corrected chi connectivity index (χ2v) is 5.27. The molecule has 0 aliphatic rings. The molecule has 0 bridgehead atoms. The van der Waals surface area contributed by atoms with Crippen molar-refractivity contribution in [3.63, 3.8) is 0 Å². The zero-order valence-corrected chi connectivity index (χ0v) is 11.6. The van der Waals surface area contributed by atoms with Crippen molar-refractivity contribution in [1.82, 2.24) is 0 Å². The van der Waals surface area contributed by atoms with Crippen LogP contribution < -0.4 is 4.57 Å². The summed E-state index contributed by atoms with van der Waals surface area (Å²) >= 11 is 0.